The van der Waals surface area contributed by atoms with Crippen molar-refractivity contribution in [3.05, 3.63) is 64.0 Å². The number of ether oxygens (including phenoxy) is 1. The van der Waals surface area contributed by atoms with E-state index in [0.717, 1.165) is 21.2 Å². The molecule has 1 amide bonds. The first-order valence-corrected chi connectivity index (χ1v) is 9.32. The largest absolute Gasteiger partial charge is 0.481 e. The third-order valence-electron chi connectivity index (χ3n) is 3.97. The number of aromatic nitrogens is 2. The van der Waals surface area contributed by atoms with Crippen LogP contribution in [0.15, 0.2) is 51.5 Å². The van der Waals surface area contributed by atoms with Gasteiger partial charge in [0.15, 0.2) is 6.10 Å². The molecule has 1 unspecified atom stereocenters. The number of benzene rings is 2. The lowest BCUT2D eigenvalue weighted by Gasteiger charge is -2.16. The minimum absolute atomic E-state index is 0.139. The van der Waals surface area contributed by atoms with Crippen LogP contribution in [-0.4, -0.2) is 22.2 Å². The molecule has 7 heteroatoms. The highest BCUT2D eigenvalue weighted by Gasteiger charge is 2.17. The van der Waals surface area contributed by atoms with Gasteiger partial charge >= 0.3 is 0 Å². The molecular weight excluding hydrogens is 410 g/mol. The molecule has 2 aromatic carbocycles. The second-order valence-corrected chi connectivity index (χ2v) is 7.18. The first-order valence-electron chi connectivity index (χ1n) is 8.52. The number of halogens is 1. The average molecular weight is 430 g/mol. The Balaban J connectivity index is 1.57. The Morgan fingerprint density at radius 1 is 1.26 bits per heavy atom. The van der Waals surface area contributed by atoms with Gasteiger partial charge in [-0.15, -0.1) is 0 Å². The highest BCUT2D eigenvalue weighted by atomic mass is 79.9. The predicted octanol–water partition coefficient (Wildman–Crippen LogP) is 4.20. The van der Waals surface area contributed by atoms with Crippen LogP contribution in [0.5, 0.6) is 5.75 Å². The molecule has 140 valence electrons. The Morgan fingerprint density at radius 2 is 2.07 bits per heavy atom. The number of hydrogen-bond acceptors (Lipinski definition) is 5. The zero-order chi connectivity index (χ0) is 19.4. The molecule has 1 atom stereocenters. The Kier molecular flexibility index (Phi) is 5.91. The van der Waals surface area contributed by atoms with E-state index in [1.165, 1.54) is 0 Å². The third-order valence-corrected chi connectivity index (χ3v) is 4.46. The second-order valence-electron chi connectivity index (χ2n) is 6.27. The molecule has 27 heavy (non-hydrogen) atoms. The van der Waals surface area contributed by atoms with Crippen molar-refractivity contribution in [1.29, 1.82) is 0 Å². The highest BCUT2D eigenvalue weighted by molar-refractivity contribution is 9.10. The molecule has 3 rings (SSSR count). The fourth-order valence-corrected chi connectivity index (χ4v) is 2.95. The Hall–Kier alpha value is -2.67. The molecule has 3 aromatic rings. The highest BCUT2D eigenvalue weighted by Crippen LogP contribution is 2.21. The zero-order valence-electron chi connectivity index (χ0n) is 15.3. The maximum atomic E-state index is 12.3. The van der Waals surface area contributed by atoms with Gasteiger partial charge in [0.25, 0.3) is 5.91 Å². The molecule has 1 aromatic heterocycles. The van der Waals surface area contributed by atoms with E-state index in [4.69, 9.17) is 9.26 Å². The summed E-state index contributed by atoms with van der Waals surface area (Å²) in [7, 11) is 0. The Morgan fingerprint density at radius 3 is 2.81 bits per heavy atom. The minimum Gasteiger partial charge on any atom is -0.481 e. The standard InChI is InChI=1S/C20H20BrN3O3/c1-12-7-8-17(13(2)9-12)26-14(3)20(25)22-11-18-23-19(24-27-18)15-5-4-6-16(21)10-15/h4-10,14H,11H2,1-3H3,(H,22,25). The van der Waals surface area contributed by atoms with Gasteiger partial charge in [-0.25, -0.2) is 0 Å². The SMILES string of the molecule is Cc1ccc(OC(C)C(=O)NCc2nc(-c3cccc(Br)c3)no2)c(C)c1. The van der Waals surface area contributed by atoms with Gasteiger partial charge in [0, 0.05) is 10.0 Å². The molecular formula is C20H20BrN3O3. The van der Waals surface area contributed by atoms with Gasteiger partial charge in [-0.2, -0.15) is 4.98 Å². The molecule has 0 aliphatic heterocycles. The van der Waals surface area contributed by atoms with Crippen molar-refractivity contribution in [2.45, 2.75) is 33.4 Å². The summed E-state index contributed by atoms with van der Waals surface area (Å²) in [6.07, 6.45) is -0.640. The summed E-state index contributed by atoms with van der Waals surface area (Å²) in [6.45, 7) is 5.81. The Labute approximate surface area is 166 Å². The van der Waals surface area contributed by atoms with Gasteiger partial charge in [0.2, 0.25) is 11.7 Å². The van der Waals surface area contributed by atoms with Crippen LogP contribution >= 0.6 is 15.9 Å². The lowest BCUT2D eigenvalue weighted by Crippen LogP contribution is -2.36. The Bertz CT molecular complexity index is 955. The van der Waals surface area contributed by atoms with Crippen molar-refractivity contribution in [3.63, 3.8) is 0 Å². The second kappa shape index (κ2) is 8.35. The number of carbonyl (C=O) groups is 1. The number of hydrogen-bond donors (Lipinski definition) is 1. The number of nitrogens with one attached hydrogen (secondary N) is 1. The smallest absolute Gasteiger partial charge is 0.261 e. The topological polar surface area (TPSA) is 77.2 Å². The average Bonchev–Trinajstić information content (AvgIpc) is 3.11. The maximum Gasteiger partial charge on any atom is 0.261 e. The van der Waals surface area contributed by atoms with E-state index in [1.54, 1.807) is 6.92 Å². The van der Waals surface area contributed by atoms with Gasteiger partial charge in [0.05, 0.1) is 6.54 Å². The van der Waals surface area contributed by atoms with Gasteiger partial charge in [-0.05, 0) is 44.5 Å². The van der Waals surface area contributed by atoms with Crippen LogP contribution in [0.2, 0.25) is 0 Å². The lowest BCUT2D eigenvalue weighted by atomic mass is 10.1. The van der Waals surface area contributed by atoms with Crippen molar-refractivity contribution in [1.82, 2.24) is 15.5 Å². The van der Waals surface area contributed by atoms with E-state index in [1.807, 2.05) is 56.3 Å². The lowest BCUT2D eigenvalue weighted by molar-refractivity contribution is -0.127. The summed E-state index contributed by atoms with van der Waals surface area (Å²) in [5.41, 5.74) is 2.97. The summed E-state index contributed by atoms with van der Waals surface area (Å²) in [4.78, 5) is 16.6. The summed E-state index contributed by atoms with van der Waals surface area (Å²) in [5.74, 6) is 1.24. The number of carbonyl (C=O) groups excluding carboxylic acids is 1. The molecule has 6 nitrogen and oxygen atoms in total. The van der Waals surface area contributed by atoms with E-state index < -0.39 is 6.10 Å². The van der Waals surface area contributed by atoms with Gasteiger partial charge < -0.3 is 14.6 Å². The van der Waals surface area contributed by atoms with Crippen molar-refractivity contribution in [2.75, 3.05) is 0 Å². The van der Waals surface area contributed by atoms with Crippen molar-refractivity contribution < 1.29 is 14.1 Å². The normalized spacial score (nSPS) is 11.9. The number of rotatable bonds is 6. The molecule has 0 fully saturated rings. The zero-order valence-corrected chi connectivity index (χ0v) is 16.9. The first kappa shape index (κ1) is 19.1. The summed E-state index contributed by atoms with van der Waals surface area (Å²) < 4.78 is 11.9. The fourth-order valence-electron chi connectivity index (χ4n) is 2.55. The summed E-state index contributed by atoms with van der Waals surface area (Å²) >= 11 is 3.41. The molecule has 0 aliphatic rings. The molecule has 1 N–H and O–H groups in total. The number of nitrogens with zero attached hydrogens (tertiary/aromatic N) is 2. The monoisotopic (exact) mass is 429 g/mol. The quantitative estimate of drug-likeness (QED) is 0.635. The van der Waals surface area contributed by atoms with Crippen molar-refractivity contribution in [3.8, 4) is 17.1 Å². The van der Waals surface area contributed by atoms with Crippen LogP contribution in [-0.2, 0) is 11.3 Å². The van der Waals surface area contributed by atoms with Crippen LogP contribution < -0.4 is 10.1 Å². The van der Waals surface area contributed by atoms with Crippen LogP contribution in [0.3, 0.4) is 0 Å². The number of amides is 1. The minimum atomic E-state index is -0.640. The van der Waals surface area contributed by atoms with E-state index in [-0.39, 0.29) is 12.5 Å². The van der Waals surface area contributed by atoms with Gasteiger partial charge in [0.1, 0.15) is 5.75 Å². The molecule has 0 spiro atoms. The fraction of sp³-hybridized carbons (Fsp3) is 0.250. The molecule has 1 heterocycles. The molecule has 0 saturated carbocycles. The molecule has 0 radical (unpaired) electrons. The van der Waals surface area contributed by atoms with E-state index in [0.29, 0.717) is 17.5 Å². The summed E-state index contributed by atoms with van der Waals surface area (Å²) in [5, 5.41) is 6.70. The molecule has 0 aliphatic carbocycles. The van der Waals surface area contributed by atoms with Crippen molar-refractivity contribution in [2.24, 2.45) is 0 Å². The number of aryl methyl sites for hydroxylation is 2. The van der Waals surface area contributed by atoms with Crippen LogP contribution in [0.1, 0.15) is 23.9 Å². The molecule has 0 saturated heterocycles. The van der Waals surface area contributed by atoms with Crippen LogP contribution in [0, 0.1) is 13.8 Å². The van der Waals surface area contributed by atoms with E-state index in [2.05, 4.69) is 31.4 Å². The maximum absolute atomic E-state index is 12.3. The molecule has 0 bridgehead atoms. The van der Waals surface area contributed by atoms with Crippen LogP contribution in [0.25, 0.3) is 11.4 Å². The van der Waals surface area contributed by atoms with E-state index in [9.17, 15) is 4.79 Å². The summed E-state index contributed by atoms with van der Waals surface area (Å²) in [6, 6.07) is 13.4. The van der Waals surface area contributed by atoms with Gasteiger partial charge in [-0.3, -0.25) is 4.79 Å². The third kappa shape index (κ3) is 4.95. The van der Waals surface area contributed by atoms with E-state index >= 15 is 0 Å². The van der Waals surface area contributed by atoms with Gasteiger partial charge in [-0.1, -0.05) is 50.9 Å². The van der Waals surface area contributed by atoms with Crippen molar-refractivity contribution >= 4 is 21.8 Å². The van der Waals surface area contributed by atoms with Crippen LogP contribution in [0.4, 0.5) is 0 Å². The predicted molar refractivity (Wildman–Crippen MR) is 105 cm³/mol. The first-order chi connectivity index (χ1) is 12.9.